The minimum atomic E-state index is -0.258. The van der Waals surface area contributed by atoms with Crippen LogP contribution in [0.15, 0.2) is 76.9 Å². The van der Waals surface area contributed by atoms with E-state index in [2.05, 4.69) is 10.3 Å². The van der Waals surface area contributed by atoms with Crippen molar-refractivity contribution in [2.24, 2.45) is 7.05 Å². The smallest absolute Gasteiger partial charge is 0.295 e. The third-order valence-electron chi connectivity index (χ3n) is 5.13. The molecule has 1 N–H and O–H groups in total. The highest BCUT2D eigenvalue weighted by molar-refractivity contribution is 7.99. The summed E-state index contributed by atoms with van der Waals surface area (Å²) in [6, 6.07) is 17.4. The molecule has 0 atom stereocenters. The van der Waals surface area contributed by atoms with Gasteiger partial charge in [0.15, 0.2) is 5.16 Å². The standard InChI is InChI=1S/C23H23N5O2S/c1-16-9-7-8-12-19(16)27-14-13-24-23(27)31-15-20(29)25-21-17(2)26(3)28(22(21)30)18-10-5-4-6-11-18/h4-14H,15H2,1-3H3,(H,25,29). The number of anilines is 1. The molecule has 0 unspecified atom stereocenters. The van der Waals surface area contributed by atoms with Crippen molar-refractivity contribution in [1.29, 1.82) is 0 Å². The first kappa shape index (κ1) is 20.7. The molecular weight excluding hydrogens is 410 g/mol. The molecule has 2 aromatic carbocycles. The van der Waals surface area contributed by atoms with E-state index in [1.165, 1.54) is 11.8 Å². The number of hydrogen-bond acceptors (Lipinski definition) is 4. The number of rotatable bonds is 6. The van der Waals surface area contributed by atoms with Gasteiger partial charge in [-0.05, 0) is 37.6 Å². The van der Waals surface area contributed by atoms with Gasteiger partial charge in [-0.15, -0.1) is 0 Å². The van der Waals surface area contributed by atoms with E-state index in [1.54, 1.807) is 22.6 Å². The first-order valence-corrected chi connectivity index (χ1v) is 10.8. The van der Waals surface area contributed by atoms with Gasteiger partial charge in [0.05, 0.1) is 22.8 Å². The van der Waals surface area contributed by atoms with Gasteiger partial charge in [0.25, 0.3) is 5.56 Å². The first-order chi connectivity index (χ1) is 15.0. The van der Waals surface area contributed by atoms with Crippen LogP contribution in [0.1, 0.15) is 11.3 Å². The second-order valence-corrected chi connectivity index (χ2v) is 8.08. The molecule has 0 aliphatic carbocycles. The van der Waals surface area contributed by atoms with Gasteiger partial charge in [0, 0.05) is 19.4 Å². The molecule has 0 spiro atoms. The van der Waals surface area contributed by atoms with E-state index < -0.39 is 0 Å². The molecule has 0 radical (unpaired) electrons. The van der Waals surface area contributed by atoms with E-state index in [9.17, 15) is 9.59 Å². The number of imidazole rings is 1. The predicted octanol–water partition coefficient (Wildman–Crippen LogP) is 3.71. The van der Waals surface area contributed by atoms with Crippen LogP contribution in [0, 0.1) is 13.8 Å². The summed E-state index contributed by atoms with van der Waals surface area (Å²) in [5.41, 5.74) is 3.60. The molecule has 0 fully saturated rings. The summed E-state index contributed by atoms with van der Waals surface area (Å²) < 4.78 is 5.25. The van der Waals surface area contributed by atoms with E-state index in [0.29, 0.717) is 11.4 Å². The van der Waals surface area contributed by atoms with E-state index >= 15 is 0 Å². The zero-order chi connectivity index (χ0) is 22.0. The van der Waals surface area contributed by atoms with E-state index in [0.717, 1.165) is 22.1 Å². The van der Waals surface area contributed by atoms with Gasteiger partial charge in [-0.3, -0.25) is 18.8 Å². The Labute approximate surface area is 184 Å². The molecule has 158 valence electrons. The van der Waals surface area contributed by atoms with Crippen LogP contribution in [-0.2, 0) is 11.8 Å². The molecule has 0 aliphatic heterocycles. The van der Waals surface area contributed by atoms with Crippen LogP contribution >= 0.6 is 11.8 Å². The number of nitrogens with zero attached hydrogens (tertiary/aromatic N) is 4. The highest BCUT2D eigenvalue weighted by atomic mass is 32.2. The second-order valence-electron chi connectivity index (χ2n) is 7.14. The molecule has 4 rings (SSSR count). The SMILES string of the molecule is Cc1ccccc1-n1ccnc1SCC(=O)Nc1c(C)n(C)n(-c2ccccc2)c1=O. The number of hydrogen-bond donors (Lipinski definition) is 1. The highest BCUT2D eigenvalue weighted by Crippen LogP contribution is 2.23. The Hall–Kier alpha value is -3.52. The van der Waals surface area contributed by atoms with Gasteiger partial charge in [-0.25, -0.2) is 9.67 Å². The summed E-state index contributed by atoms with van der Waals surface area (Å²) in [6.45, 7) is 3.85. The number of aromatic nitrogens is 4. The third kappa shape index (κ3) is 4.06. The van der Waals surface area contributed by atoms with Gasteiger partial charge in [-0.1, -0.05) is 48.2 Å². The maximum absolute atomic E-state index is 13.0. The van der Waals surface area contributed by atoms with Crippen LogP contribution in [0.2, 0.25) is 0 Å². The quantitative estimate of drug-likeness (QED) is 0.471. The largest absolute Gasteiger partial charge is 0.319 e. The second kappa shape index (κ2) is 8.69. The van der Waals surface area contributed by atoms with Crippen LogP contribution in [0.3, 0.4) is 0 Å². The summed E-state index contributed by atoms with van der Waals surface area (Å²) in [4.78, 5) is 30.0. The molecule has 0 aliphatic rings. The molecule has 1 amide bonds. The van der Waals surface area contributed by atoms with Crippen molar-refractivity contribution in [3.05, 3.63) is 88.6 Å². The lowest BCUT2D eigenvalue weighted by atomic mass is 10.2. The van der Waals surface area contributed by atoms with Crippen LogP contribution in [0.25, 0.3) is 11.4 Å². The van der Waals surface area contributed by atoms with Gasteiger partial charge in [0.1, 0.15) is 5.69 Å². The van der Waals surface area contributed by atoms with Gasteiger partial charge in [0.2, 0.25) is 5.91 Å². The zero-order valence-corrected chi connectivity index (χ0v) is 18.4. The number of carbonyl (C=O) groups excluding carboxylic acids is 1. The Morgan fingerprint density at radius 1 is 1.06 bits per heavy atom. The molecular formula is C23H23N5O2S. The minimum Gasteiger partial charge on any atom is -0.319 e. The molecule has 0 saturated heterocycles. The maximum atomic E-state index is 13.0. The highest BCUT2D eigenvalue weighted by Gasteiger charge is 2.18. The van der Waals surface area contributed by atoms with E-state index in [4.69, 9.17) is 0 Å². The van der Waals surface area contributed by atoms with Crippen molar-refractivity contribution >= 4 is 23.4 Å². The molecule has 2 heterocycles. The summed E-state index contributed by atoms with van der Waals surface area (Å²) in [6.07, 6.45) is 3.59. The number of benzene rings is 2. The Morgan fingerprint density at radius 3 is 2.52 bits per heavy atom. The van der Waals surface area contributed by atoms with Crippen molar-refractivity contribution in [1.82, 2.24) is 18.9 Å². The van der Waals surface area contributed by atoms with E-state index in [-0.39, 0.29) is 17.2 Å². The molecule has 0 saturated carbocycles. The molecule has 31 heavy (non-hydrogen) atoms. The fourth-order valence-electron chi connectivity index (χ4n) is 3.43. The first-order valence-electron chi connectivity index (χ1n) is 9.83. The third-order valence-corrected chi connectivity index (χ3v) is 6.10. The molecule has 0 bridgehead atoms. The summed E-state index contributed by atoms with van der Waals surface area (Å²) in [7, 11) is 1.80. The van der Waals surface area contributed by atoms with Crippen LogP contribution in [-0.4, -0.2) is 30.6 Å². The fourth-order valence-corrected chi connectivity index (χ4v) is 4.20. The average molecular weight is 434 g/mol. The Kier molecular flexibility index (Phi) is 5.81. The molecule has 7 nitrogen and oxygen atoms in total. The van der Waals surface area contributed by atoms with Crippen LogP contribution in [0.4, 0.5) is 5.69 Å². The number of thioether (sulfide) groups is 1. The van der Waals surface area contributed by atoms with Crippen molar-refractivity contribution in [2.75, 3.05) is 11.1 Å². The average Bonchev–Trinajstić information content (AvgIpc) is 3.32. The summed E-state index contributed by atoms with van der Waals surface area (Å²) in [5.74, 6) is -0.113. The molecule has 8 heteroatoms. The lowest BCUT2D eigenvalue weighted by Gasteiger charge is -2.10. The van der Waals surface area contributed by atoms with Crippen molar-refractivity contribution in [3.63, 3.8) is 0 Å². The summed E-state index contributed by atoms with van der Waals surface area (Å²) in [5, 5.41) is 3.51. The van der Waals surface area contributed by atoms with Crippen molar-refractivity contribution < 1.29 is 4.79 Å². The van der Waals surface area contributed by atoms with Gasteiger partial charge >= 0.3 is 0 Å². The van der Waals surface area contributed by atoms with E-state index in [1.807, 2.05) is 79.2 Å². The van der Waals surface area contributed by atoms with Crippen LogP contribution < -0.4 is 10.9 Å². The lowest BCUT2D eigenvalue weighted by Crippen LogP contribution is -2.23. The lowest BCUT2D eigenvalue weighted by molar-refractivity contribution is -0.113. The molecule has 2 aromatic heterocycles. The number of carbonyl (C=O) groups is 1. The Bertz CT molecular complexity index is 1290. The normalized spacial score (nSPS) is 10.9. The maximum Gasteiger partial charge on any atom is 0.295 e. The van der Waals surface area contributed by atoms with Gasteiger partial charge in [-0.2, -0.15) is 0 Å². The summed E-state index contributed by atoms with van der Waals surface area (Å²) >= 11 is 1.33. The Morgan fingerprint density at radius 2 is 1.77 bits per heavy atom. The van der Waals surface area contributed by atoms with Crippen molar-refractivity contribution in [3.8, 4) is 11.4 Å². The fraction of sp³-hybridized carbons (Fsp3) is 0.174. The number of nitrogens with one attached hydrogen (secondary N) is 1. The number of amides is 1. The Balaban J connectivity index is 1.51. The topological polar surface area (TPSA) is 73.8 Å². The zero-order valence-electron chi connectivity index (χ0n) is 17.6. The van der Waals surface area contributed by atoms with Gasteiger partial charge < -0.3 is 5.32 Å². The monoisotopic (exact) mass is 433 g/mol. The minimum absolute atomic E-state index is 0.141. The van der Waals surface area contributed by atoms with Crippen molar-refractivity contribution in [2.45, 2.75) is 19.0 Å². The number of para-hydroxylation sites is 2. The molecule has 4 aromatic rings. The number of aryl methyl sites for hydroxylation is 1. The predicted molar refractivity (Wildman–Crippen MR) is 123 cm³/mol. The van der Waals surface area contributed by atoms with Crippen LogP contribution in [0.5, 0.6) is 0 Å².